The maximum Gasteiger partial charge on any atom is 0.147 e. The first-order chi connectivity index (χ1) is 7.70. The Labute approximate surface area is 96.8 Å². The van der Waals surface area contributed by atoms with E-state index in [9.17, 15) is 4.79 Å². The van der Waals surface area contributed by atoms with Crippen LogP contribution in [0.3, 0.4) is 0 Å². The van der Waals surface area contributed by atoms with Gasteiger partial charge in [-0.05, 0) is 12.3 Å². The summed E-state index contributed by atoms with van der Waals surface area (Å²) in [5.41, 5.74) is -0.323. The molecule has 0 radical (unpaired) electrons. The highest BCUT2D eigenvalue weighted by atomic mass is 16.5. The van der Waals surface area contributed by atoms with Crippen LogP contribution in [0.1, 0.15) is 39.0 Å². The topological polar surface area (TPSA) is 35.5 Å². The van der Waals surface area contributed by atoms with Crippen LogP contribution in [0.4, 0.5) is 0 Å². The average Bonchev–Trinajstić information content (AvgIpc) is 2.54. The van der Waals surface area contributed by atoms with Gasteiger partial charge in [0, 0.05) is 12.8 Å². The van der Waals surface area contributed by atoms with Crippen LogP contribution in [0, 0.1) is 11.3 Å². The largest absolute Gasteiger partial charge is 0.498 e. The van der Waals surface area contributed by atoms with Gasteiger partial charge in [-0.15, -0.1) is 0 Å². The Morgan fingerprint density at radius 3 is 2.56 bits per heavy atom. The number of allylic oxidation sites excluding steroid dienone is 2. The first kappa shape index (κ1) is 11.5. The Kier molecular flexibility index (Phi) is 2.96. The summed E-state index contributed by atoms with van der Waals surface area (Å²) in [7, 11) is 3.31. The Balaban J connectivity index is 2.29. The highest BCUT2D eigenvalue weighted by molar-refractivity contribution is 5.95. The second-order valence-electron chi connectivity index (χ2n) is 4.76. The summed E-state index contributed by atoms with van der Waals surface area (Å²) in [6.07, 6.45) is 4.68. The number of carbonyl (C=O) groups is 1. The molecule has 90 valence electrons. The first-order valence-electron chi connectivity index (χ1n) is 6.05. The van der Waals surface area contributed by atoms with Crippen LogP contribution in [0.15, 0.2) is 11.5 Å². The fourth-order valence-electron chi connectivity index (χ4n) is 3.19. The molecular weight excluding hydrogens is 204 g/mol. The van der Waals surface area contributed by atoms with Crippen LogP contribution in [0.5, 0.6) is 0 Å². The lowest BCUT2D eigenvalue weighted by atomic mass is 9.58. The molecular formula is C13H20O3. The van der Waals surface area contributed by atoms with Crippen LogP contribution < -0.4 is 0 Å². The summed E-state index contributed by atoms with van der Waals surface area (Å²) in [5, 5.41) is 0. The normalized spacial score (nSPS) is 32.4. The second kappa shape index (κ2) is 4.11. The number of hydrogen-bond acceptors (Lipinski definition) is 3. The maximum absolute atomic E-state index is 12.0. The zero-order valence-electron chi connectivity index (χ0n) is 10.3. The van der Waals surface area contributed by atoms with Gasteiger partial charge in [0.25, 0.3) is 0 Å². The Morgan fingerprint density at radius 2 is 2.06 bits per heavy atom. The molecule has 2 aliphatic carbocycles. The van der Waals surface area contributed by atoms with E-state index in [1.54, 1.807) is 14.2 Å². The Bertz CT molecular complexity index is 332. The molecule has 0 amide bonds. The number of ketones is 1. The van der Waals surface area contributed by atoms with Crippen LogP contribution in [0.25, 0.3) is 0 Å². The van der Waals surface area contributed by atoms with Gasteiger partial charge in [0.15, 0.2) is 0 Å². The standard InChI is InChI=1S/C13H20O3/c1-4-5-6-13-9(8-11(13)14)7-10(15-2)12(13)16-3/h9H,4-8H2,1-3H3/t9-,13-/m0/s1. The molecule has 0 heterocycles. The summed E-state index contributed by atoms with van der Waals surface area (Å²) in [5.74, 6) is 2.46. The molecule has 2 atom stereocenters. The zero-order chi connectivity index (χ0) is 11.8. The predicted molar refractivity (Wildman–Crippen MR) is 60.7 cm³/mol. The van der Waals surface area contributed by atoms with E-state index in [1.807, 2.05) is 0 Å². The minimum Gasteiger partial charge on any atom is -0.498 e. The number of ether oxygens (including phenoxy) is 2. The molecule has 0 aliphatic heterocycles. The molecule has 1 fully saturated rings. The molecule has 0 aromatic carbocycles. The van der Waals surface area contributed by atoms with Crippen molar-refractivity contribution in [3.8, 4) is 0 Å². The third-order valence-corrected chi connectivity index (χ3v) is 4.09. The molecule has 0 saturated heterocycles. The van der Waals surface area contributed by atoms with Crippen molar-refractivity contribution in [1.82, 2.24) is 0 Å². The molecule has 16 heavy (non-hydrogen) atoms. The van der Waals surface area contributed by atoms with Gasteiger partial charge in [-0.3, -0.25) is 4.79 Å². The van der Waals surface area contributed by atoms with E-state index in [4.69, 9.17) is 9.47 Å². The van der Waals surface area contributed by atoms with Gasteiger partial charge < -0.3 is 9.47 Å². The number of carbonyl (C=O) groups excluding carboxylic acids is 1. The van der Waals surface area contributed by atoms with Gasteiger partial charge in [0.05, 0.1) is 19.6 Å². The minimum atomic E-state index is -0.323. The van der Waals surface area contributed by atoms with Crippen molar-refractivity contribution >= 4 is 5.78 Å². The number of Topliss-reactive ketones (excluding diaryl/α,β-unsaturated/α-hetero) is 1. The van der Waals surface area contributed by atoms with Crippen molar-refractivity contribution < 1.29 is 14.3 Å². The summed E-state index contributed by atoms with van der Waals surface area (Å²) < 4.78 is 10.8. The van der Waals surface area contributed by atoms with Gasteiger partial charge in [-0.25, -0.2) is 0 Å². The quantitative estimate of drug-likeness (QED) is 0.720. The van der Waals surface area contributed by atoms with Gasteiger partial charge in [-0.1, -0.05) is 19.8 Å². The average molecular weight is 224 g/mol. The third kappa shape index (κ3) is 1.30. The van der Waals surface area contributed by atoms with E-state index in [-0.39, 0.29) is 5.41 Å². The smallest absolute Gasteiger partial charge is 0.147 e. The van der Waals surface area contributed by atoms with Crippen molar-refractivity contribution in [2.45, 2.75) is 39.0 Å². The molecule has 2 aliphatic rings. The van der Waals surface area contributed by atoms with Crippen molar-refractivity contribution in [1.29, 1.82) is 0 Å². The molecule has 0 unspecified atom stereocenters. The second-order valence-corrected chi connectivity index (χ2v) is 4.76. The van der Waals surface area contributed by atoms with E-state index in [2.05, 4.69) is 6.92 Å². The molecule has 3 nitrogen and oxygen atoms in total. The predicted octanol–water partition coefficient (Wildman–Crippen LogP) is 2.66. The van der Waals surface area contributed by atoms with Crippen LogP contribution in [-0.4, -0.2) is 20.0 Å². The van der Waals surface area contributed by atoms with Crippen molar-refractivity contribution in [3.05, 3.63) is 11.5 Å². The molecule has 0 N–H and O–H groups in total. The Hall–Kier alpha value is -0.990. The highest BCUT2D eigenvalue weighted by Gasteiger charge is 2.62. The van der Waals surface area contributed by atoms with E-state index in [1.165, 1.54) is 0 Å². The monoisotopic (exact) mass is 224 g/mol. The third-order valence-electron chi connectivity index (χ3n) is 4.09. The molecule has 0 spiro atoms. The fourth-order valence-corrected chi connectivity index (χ4v) is 3.19. The van der Waals surface area contributed by atoms with Crippen molar-refractivity contribution in [2.75, 3.05) is 14.2 Å². The number of methoxy groups -OCH3 is 2. The van der Waals surface area contributed by atoms with Crippen LogP contribution in [-0.2, 0) is 14.3 Å². The van der Waals surface area contributed by atoms with Crippen LogP contribution in [0.2, 0.25) is 0 Å². The minimum absolute atomic E-state index is 0.323. The van der Waals surface area contributed by atoms with Crippen molar-refractivity contribution in [2.24, 2.45) is 11.3 Å². The summed E-state index contributed by atoms with van der Waals surface area (Å²) in [6.45, 7) is 2.15. The van der Waals surface area contributed by atoms with Gasteiger partial charge >= 0.3 is 0 Å². The Morgan fingerprint density at radius 1 is 1.31 bits per heavy atom. The van der Waals surface area contributed by atoms with Crippen LogP contribution >= 0.6 is 0 Å². The molecule has 0 aromatic heterocycles. The highest BCUT2D eigenvalue weighted by Crippen LogP contribution is 2.60. The van der Waals surface area contributed by atoms with E-state index in [0.29, 0.717) is 18.1 Å². The fraction of sp³-hybridized carbons (Fsp3) is 0.769. The molecule has 2 rings (SSSR count). The first-order valence-corrected chi connectivity index (χ1v) is 6.05. The number of unbranched alkanes of at least 4 members (excludes halogenated alkanes) is 1. The molecule has 1 saturated carbocycles. The molecule has 0 bridgehead atoms. The number of fused-ring (bicyclic) bond motifs is 1. The van der Waals surface area contributed by atoms with E-state index in [0.717, 1.165) is 37.2 Å². The van der Waals surface area contributed by atoms with Gasteiger partial charge in [0.2, 0.25) is 0 Å². The zero-order valence-corrected chi connectivity index (χ0v) is 10.3. The lowest BCUT2D eigenvalue weighted by Crippen LogP contribution is -2.48. The van der Waals surface area contributed by atoms with Crippen molar-refractivity contribution in [3.63, 3.8) is 0 Å². The maximum atomic E-state index is 12.0. The SMILES string of the molecule is CCCC[C@@]12C(=O)C[C@@H]1CC(OC)=C2OC. The summed E-state index contributed by atoms with van der Waals surface area (Å²) in [4.78, 5) is 12.0. The lowest BCUT2D eigenvalue weighted by Gasteiger charge is -2.43. The summed E-state index contributed by atoms with van der Waals surface area (Å²) in [6, 6.07) is 0. The number of rotatable bonds is 5. The van der Waals surface area contributed by atoms with E-state index < -0.39 is 0 Å². The molecule has 3 heteroatoms. The van der Waals surface area contributed by atoms with Gasteiger partial charge in [0.1, 0.15) is 17.3 Å². The number of hydrogen-bond donors (Lipinski definition) is 0. The van der Waals surface area contributed by atoms with E-state index >= 15 is 0 Å². The summed E-state index contributed by atoms with van der Waals surface area (Å²) >= 11 is 0. The lowest BCUT2D eigenvalue weighted by molar-refractivity contribution is -0.144. The van der Waals surface area contributed by atoms with Gasteiger partial charge in [-0.2, -0.15) is 0 Å². The molecule has 0 aromatic rings.